The number of nitrogens with zero attached hydrogens (tertiary/aromatic N) is 1. The zero-order valence-corrected chi connectivity index (χ0v) is 7.23. The van der Waals surface area contributed by atoms with Crippen molar-refractivity contribution in [3.63, 3.8) is 0 Å². The average Bonchev–Trinajstić information content (AvgIpc) is 1.94. The molecule has 0 amide bonds. The van der Waals surface area contributed by atoms with Gasteiger partial charge < -0.3 is 15.1 Å². The van der Waals surface area contributed by atoms with Crippen LogP contribution in [0.2, 0.25) is 0 Å². The van der Waals surface area contributed by atoms with Crippen LogP contribution in [0.15, 0.2) is 0 Å². The van der Waals surface area contributed by atoms with Gasteiger partial charge in [0.15, 0.2) is 0 Å². The second-order valence-corrected chi connectivity index (χ2v) is 3.54. The van der Waals surface area contributed by atoms with Gasteiger partial charge in [0.1, 0.15) is 0 Å². The highest BCUT2D eigenvalue weighted by molar-refractivity contribution is 5.71. The highest BCUT2D eigenvalue weighted by Gasteiger charge is 2.32. The number of hydrogen-bond donors (Lipinski definition) is 2. The lowest BCUT2D eigenvalue weighted by Crippen LogP contribution is -2.51. The molecule has 1 fully saturated rings. The van der Waals surface area contributed by atoms with E-state index >= 15 is 0 Å². The maximum atomic E-state index is 10.4. The average molecular weight is 173 g/mol. The topological polar surface area (TPSA) is 60.8 Å². The van der Waals surface area contributed by atoms with Crippen LogP contribution in [0.5, 0.6) is 0 Å². The molecule has 12 heavy (non-hydrogen) atoms. The zero-order valence-electron chi connectivity index (χ0n) is 7.23. The van der Waals surface area contributed by atoms with Gasteiger partial charge in [-0.3, -0.25) is 4.79 Å². The summed E-state index contributed by atoms with van der Waals surface area (Å²) in [7, 11) is 0. The fourth-order valence-electron chi connectivity index (χ4n) is 1.37. The standard InChI is InChI=1S/C8H15NO3/c1-6(5-10)2-9-3-7(4-9)8(11)12/h6-7,10H,2-5H2,1H3,(H,11,12). The Kier molecular flexibility index (Phi) is 3.05. The van der Waals surface area contributed by atoms with E-state index < -0.39 is 5.97 Å². The Hall–Kier alpha value is -0.610. The van der Waals surface area contributed by atoms with Crippen LogP contribution in [0.1, 0.15) is 6.92 Å². The third-order valence-corrected chi connectivity index (χ3v) is 2.19. The van der Waals surface area contributed by atoms with E-state index in [-0.39, 0.29) is 18.4 Å². The Labute approximate surface area is 71.8 Å². The summed E-state index contributed by atoms with van der Waals surface area (Å²) in [5.74, 6) is -0.640. The molecule has 1 atom stereocenters. The monoisotopic (exact) mass is 173 g/mol. The Morgan fingerprint density at radius 2 is 2.25 bits per heavy atom. The van der Waals surface area contributed by atoms with Crippen molar-refractivity contribution in [3.05, 3.63) is 0 Å². The lowest BCUT2D eigenvalue weighted by molar-refractivity contribution is -0.147. The summed E-state index contributed by atoms with van der Waals surface area (Å²) in [6.07, 6.45) is 0. The molecule has 2 N–H and O–H groups in total. The molecule has 4 nitrogen and oxygen atoms in total. The molecule has 1 aliphatic heterocycles. The van der Waals surface area contributed by atoms with E-state index in [4.69, 9.17) is 10.2 Å². The van der Waals surface area contributed by atoms with Crippen molar-refractivity contribution in [2.24, 2.45) is 11.8 Å². The van der Waals surface area contributed by atoms with Crippen molar-refractivity contribution in [2.75, 3.05) is 26.2 Å². The Balaban J connectivity index is 2.13. The number of aliphatic carboxylic acids is 1. The highest BCUT2D eigenvalue weighted by Crippen LogP contribution is 2.16. The summed E-state index contributed by atoms with van der Waals surface area (Å²) >= 11 is 0. The molecular formula is C8H15NO3. The molecule has 0 aromatic carbocycles. The minimum absolute atomic E-state index is 0.175. The zero-order chi connectivity index (χ0) is 9.14. The molecule has 70 valence electrons. The molecule has 0 radical (unpaired) electrons. The van der Waals surface area contributed by atoms with Gasteiger partial charge >= 0.3 is 5.97 Å². The number of aliphatic hydroxyl groups excluding tert-OH is 1. The lowest BCUT2D eigenvalue weighted by atomic mass is 9.99. The predicted molar refractivity (Wildman–Crippen MR) is 43.8 cm³/mol. The SMILES string of the molecule is CC(CO)CN1CC(C(=O)O)C1. The summed E-state index contributed by atoms with van der Waals surface area (Å²) in [5, 5.41) is 17.3. The number of carboxylic acid groups (broad SMARTS) is 1. The fourth-order valence-corrected chi connectivity index (χ4v) is 1.37. The van der Waals surface area contributed by atoms with Crippen molar-refractivity contribution in [3.8, 4) is 0 Å². The number of hydrogen-bond acceptors (Lipinski definition) is 3. The highest BCUT2D eigenvalue weighted by atomic mass is 16.4. The number of rotatable bonds is 4. The van der Waals surface area contributed by atoms with Crippen molar-refractivity contribution in [1.82, 2.24) is 4.90 Å². The van der Waals surface area contributed by atoms with Crippen LogP contribution in [-0.2, 0) is 4.79 Å². The van der Waals surface area contributed by atoms with E-state index in [2.05, 4.69) is 4.90 Å². The van der Waals surface area contributed by atoms with Crippen LogP contribution in [0, 0.1) is 11.8 Å². The molecule has 0 spiro atoms. The Bertz CT molecular complexity index is 166. The summed E-state index contributed by atoms with van der Waals surface area (Å²) in [4.78, 5) is 12.5. The summed E-state index contributed by atoms with van der Waals surface area (Å²) in [5.41, 5.74) is 0. The van der Waals surface area contributed by atoms with Crippen LogP contribution in [-0.4, -0.2) is 47.3 Å². The summed E-state index contributed by atoms with van der Waals surface area (Å²) in [6, 6.07) is 0. The Morgan fingerprint density at radius 3 is 2.67 bits per heavy atom. The third kappa shape index (κ3) is 2.19. The third-order valence-electron chi connectivity index (χ3n) is 2.19. The van der Waals surface area contributed by atoms with Gasteiger partial charge in [0, 0.05) is 26.2 Å². The molecule has 1 aliphatic rings. The van der Waals surface area contributed by atoms with Crippen molar-refractivity contribution < 1.29 is 15.0 Å². The van der Waals surface area contributed by atoms with E-state index in [9.17, 15) is 4.79 Å². The number of carbonyl (C=O) groups is 1. The molecular weight excluding hydrogens is 158 g/mol. The molecule has 0 bridgehead atoms. The summed E-state index contributed by atoms with van der Waals surface area (Å²) in [6.45, 7) is 4.21. The van der Waals surface area contributed by atoms with Crippen LogP contribution in [0.3, 0.4) is 0 Å². The maximum Gasteiger partial charge on any atom is 0.309 e. The molecule has 1 heterocycles. The smallest absolute Gasteiger partial charge is 0.309 e. The van der Waals surface area contributed by atoms with E-state index in [1.807, 2.05) is 6.92 Å². The predicted octanol–water partition coefficient (Wildman–Crippen LogP) is -0.369. The minimum Gasteiger partial charge on any atom is -0.481 e. The first-order chi connectivity index (χ1) is 5.63. The second kappa shape index (κ2) is 3.87. The van der Waals surface area contributed by atoms with Gasteiger partial charge in [0.25, 0.3) is 0 Å². The maximum absolute atomic E-state index is 10.4. The van der Waals surface area contributed by atoms with Gasteiger partial charge in [0.05, 0.1) is 5.92 Å². The van der Waals surface area contributed by atoms with Crippen molar-refractivity contribution in [2.45, 2.75) is 6.92 Å². The van der Waals surface area contributed by atoms with Gasteiger partial charge in [-0.05, 0) is 5.92 Å². The molecule has 0 saturated carbocycles. The normalized spacial score (nSPS) is 21.8. The number of carboxylic acids is 1. The van der Waals surface area contributed by atoms with Gasteiger partial charge in [-0.1, -0.05) is 6.92 Å². The molecule has 0 aromatic rings. The molecule has 0 aliphatic carbocycles. The van der Waals surface area contributed by atoms with Crippen LogP contribution >= 0.6 is 0 Å². The van der Waals surface area contributed by atoms with Crippen molar-refractivity contribution >= 4 is 5.97 Å². The Morgan fingerprint density at radius 1 is 1.67 bits per heavy atom. The molecule has 0 aromatic heterocycles. The van der Waals surface area contributed by atoms with Crippen LogP contribution in [0.4, 0.5) is 0 Å². The largest absolute Gasteiger partial charge is 0.481 e. The molecule has 1 rings (SSSR count). The van der Waals surface area contributed by atoms with Gasteiger partial charge in [-0.25, -0.2) is 0 Å². The van der Waals surface area contributed by atoms with Crippen molar-refractivity contribution in [1.29, 1.82) is 0 Å². The first-order valence-corrected chi connectivity index (χ1v) is 4.19. The van der Waals surface area contributed by atoms with Gasteiger partial charge in [0.2, 0.25) is 0 Å². The molecule has 1 saturated heterocycles. The van der Waals surface area contributed by atoms with E-state index in [1.165, 1.54) is 0 Å². The van der Waals surface area contributed by atoms with Gasteiger partial charge in [-0.2, -0.15) is 0 Å². The van der Waals surface area contributed by atoms with Crippen LogP contribution < -0.4 is 0 Å². The van der Waals surface area contributed by atoms with E-state index in [1.54, 1.807) is 0 Å². The number of likely N-dealkylation sites (tertiary alicyclic amines) is 1. The first kappa shape index (κ1) is 9.48. The molecule has 4 heteroatoms. The first-order valence-electron chi connectivity index (χ1n) is 4.19. The molecule has 1 unspecified atom stereocenters. The van der Waals surface area contributed by atoms with Crippen LogP contribution in [0.25, 0.3) is 0 Å². The number of aliphatic hydroxyl groups is 1. The summed E-state index contributed by atoms with van der Waals surface area (Å²) < 4.78 is 0. The minimum atomic E-state index is -0.706. The lowest BCUT2D eigenvalue weighted by Gasteiger charge is -2.37. The quantitative estimate of drug-likeness (QED) is 0.609. The second-order valence-electron chi connectivity index (χ2n) is 3.54. The van der Waals surface area contributed by atoms with E-state index in [0.717, 1.165) is 6.54 Å². The fraction of sp³-hybridized carbons (Fsp3) is 0.875. The van der Waals surface area contributed by atoms with E-state index in [0.29, 0.717) is 13.1 Å². The van der Waals surface area contributed by atoms with Gasteiger partial charge in [-0.15, -0.1) is 0 Å².